The highest BCUT2D eigenvalue weighted by Crippen LogP contribution is 2.30. The number of likely N-dealkylation sites (N-methyl/N-ethyl adjacent to an activating group) is 1. The van der Waals surface area contributed by atoms with Crippen molar-refractivity contribution < 1.29 is 4.39 Å². The Labute approximate surface area is 133 Å². The molecule has 2 aromatic rings. The van der Waals surface area contributed by atoms with E-state index in [2.05, 4.69) is 46.8 Å². The lowest BCUT2D eigenvalue weighted by Gasteiger charge is -2.33. The summed E-state index contributed by atoms with van der Waals surface area (Å²) >= 11 is 3.25. The highest BCUT2D eigenvalue weighted by molar-refractivity contribution is 9.10. The van der Waals surface area contributed by atoms with Crippen molar-refractivity contribution in [1.82, 2.24) is 0 Å². The number of nitrogens with two attached hydrogens (primary N) is 1. The minimum Gasteiger partial charge on any atom is -0.363 e. The van der Waals surface area contributed by atoms with Gasteiger partial charge in [-0.2, -0.15) is 0 Å². The molecule has 0 saturated carbocycles. The topological polar surface area (TPSA) is 29.3 Å². The molecule has 0 aliphatic carbocycles. The number of anilines is 1. The summed E-state index contributed by atoms with van der Waals surface area (Å²) in [5.74, 6) is -0.256. The first-order valence-corrected chi connectivity index (χ1v) is 7.85. The molecule has 0 aliphatic rings. The molecule has 0 bridgehead atoms. The standard InChI is InChI=1S/C17H20BrFN2/c1-3-21(16-7-5-4-6-12(16)2)17(11-20)13-8-9-15(19)14(18)10-13/h4-10,17H,3,11,20H2,1-2H3. The van der Waals surface area contributed by atoms with Crippen LogP contribution in [0.1, 0.15) is 24.1 Å². The highest BCUT2D eigenvalue weighted by atomic mass is 79.9. The first kappa shape index (κ1) is 16.0. The lowest BCUT2D eigenvalue weighted by molar-refractivity contribution is 0.611. The summed E-state index contributed by atoms with van der Waals surface area (Å²) in [7, 11) is 0. The van der Waals surface area contributed by atoms with E-state index >= 15 is 0 Å². The third kappa shape index (κ3) is 3.44. The summed E-state index contributed by atoms with van der Waals surface area (Å²) < 4.78 is 13.9. The van der Waals surface area contributed by atoms with Crippen molar-refractivity contribution in [2.75, 3.05) is 18.0 Å². The SMILES string of the molecule is CCN(c1ccccc1C)C(CN)c1ccc(F)c(Br)c1. The Bertz CT molecular complexity index is 615. The van der Waals surface area contributed by atoms with E-state index in [4.69, 9.17) is 5.73 Å². The Hall–Kier alpha value is -1.39. The van der Waals surface area contributed by atoms with Gasteiger partial charge in [0.1, 0.15) is 5.82 Å². The fourth-order valence-electron chi connectivity index (χ4n) is 2.61. The Balaban J connectivity index is 2.42. The van der Waals surface area contributed by atoms with Crippen LogP contribution in [-0.2, 0) is 0 Å². The van der Waals surface area contributed by atoms with Gasteiger partial charge in [0.15, 0.2) is 0 Å². The molecule has 0 saturated heterocycles. The Morgan fingerprint density at radius 2 is 1.95 bits per heavy atom. The molecule has 2 N–H and O–H groups in total. The molecule has 1 unspecified atom stereocenters. The first-order valence-electron chi connectivity index (χ1n) is 7.05. The van der Waals surface area contributed by atoms with E-state index in [0.717, 1.165) is 17.8 Å². The van der Waals surface area contributed by atoms with E-state index in [1.165, 1.54) is 11.6 Å². The van der Waals surface area contributed by atoms with Crippen LogP contribution in [0.2, 0.25) is 0 Å². The van der Waals surface area contributed by atoms with Crippen LogP contribution in [0, 0.1) is 12.7 Å². The van der Waals surface area contributed by atoms with Gasteiger partial charge in [-0.1, -0.05) is 24.3 Å². The molecule has 21 heavy (non-hydrogen) atoms. The molecule has 0 aromatic heterocycles. The fraction of sp³-hybridized carbons (Fsp3) is 0.294. The van der Waals surface area contributed by atoms with Crippen LogP contribution in [0.3, 0.4) is 0 Å². The maximum Gasteiger partial charge on any atom is 0.137 e. The number of hydrogen-bond donors (Lipinski definition) is 1. The third-order valence-electron chi connectivity index (χ3n) is 3.69. The average Bonchev–Trinajstić information content (AvgIpc) is 2.49. The van der Waals surface area contributed by atoms with Gasteiger partial charge in [-0.3, -0.25) is 0 Å². The lowest BCUT2D eigenvalue weighted by atomic mass is 10.0. The van der Waals surface area contributed by atoms with Crippen LogP contribution < -0.4 is 10.6 Å². The van der Waals surface area contributed by atoms with Crippen molar-refractivity contribution in [3.8, 4) is 0 Å². The third-order valence-corrected chi connectivity index (χ3v) is 4.30. The number of para-hydroxylation sites is 1. The number of nitrogens with zero attached hydrogens (tertiary/aromatic N) is 1. The van der Waals surface area contributed by atoms with Crippen LogP contribution in [0.5, 0.6) is 0 Å². The van der Waals surface area contributed by atoms with Crippen molar-refractivity contribution in [2.45, 2.75) is 19.9 Å². The molecular formula is C17H20BrFN2. The summed E-state index contributed by atoms with van der Waals surface area (Å²) in [6, 6.07) is 13.4. The molecule has 0 spiro atoms. The maximum atomic E-state index is 13.4. The Morgan fingerprint density at radius 1 is 1.24 bits per heavy atom. The molecule has 0 heterocycles. The number of rotatable bonds is 5. The van der Waals surface area contributed by atoms with Crippen molar-refractivity contribution in [1.29, 1.82) is 0 Å². The van der Waals surface area contributed by atoms with Gasteiger partial charge in [-0.25, -0.2) is 4.39 Å². The Morgan fingerprint density at radius 3 is 2.52 bits per heavy atom. The molecule has 0 amide bonds. The fourth-order valence-corrected chi connectivity index (χ4v) is 3.00. The van der Waals surface area contributed by atoms with Crippen LogP contribution in [0.15, 0.2) is 46.9 Å². The molecule has 0 aliphatic heterocycles. The first-order chi connectivity index (χ1) is 10.1. The second-order valence-corrected chi connectivity index (χ2v) is 5.85. The van der Waals surface area contributed by atoms with E-state index in [1.807, 2.05) is 18.2 Å². The van der Waals surface area contributed by atoms with Crippen LogP contribution in [0.25, 0.3) is 0 Å². The zero-order chi connectivity index (χ0) is 15.4. The maximum absolute atomic E-state index is 13.4. The molecular weight excluding hydrogens is 331 g/mol. The van der Waals surface area contributed by atoms with E-state index in [-0.39, 0.29) is 11.9 Å². The van der Waals surface area contributed by atoms with Gasteiger partial charge >= 0.3 is 0 Å². The summed E-state index contributed by atoms with van der Waals surface area (Å²) in [5.41, 5.74) is 9.39. The molecule has 2 rings (SSSR count). The highest BCUT2D eigenvalue weighted by Gasteiger charge is 2.20. The molecule has 0 radical (unpaired) electrons. The van der Waals surface area contributed by atoms with Crippen LogP contribution >= 0.6 is 15.9 Å². The number of aryl methyl sites for hydroxylation is 1. The van der Waals surface area contributed by atoms with Crippen LogP contribution in [-0.4, -0.2) is 13.1 Å². The number of halogens is 2. The van der Waals surface area contributed by atoms with Crippen molar-refractivity contribution in [3.63, 3.8) is 0 Å². The van der Waals surface area contributed by atoms with E-state index in [0.29, 0.717) is 11.0 Å². The minimum absolute atomic E-state index is 0.0213. The quantitative estimate of drug-likeness (QED) is 0.864. The monoisotopic (exact) mass is 350 g/mol. The summed E-state index contributed by atoms with van der Waals surface area (Å²) in [5, 5.41) is 0. The Kier molecular flexibility index (Phi) is 5.37. The van der Waals surface area contributed by atoms with E-state index in [1.54, 1.807) is 6.07 Å². The molecule has 2 aromatic carbocycles. The van der Waals surface area contributed by atoms with Crippen molar-refractivity contribution in [2.24, 2.45) is 5.73 Å². The molecule has 1 atom stereocenters. The van der Waals surface area contributed by atoms with Crippen LogP contribution in [0.4, 0.5) is 10.1 Å². The van der Waals surface area contributed by atoms with Gasteiger partial charge in [0.05, 0.1) is 10.5 Å². The largest absolute Gasteiger partial charge is 0.363 e. The van der Waals surface area contributed by atoms with Gasteiger partial charge in [-0.05, 0) is 59.1 Å². The summed E-state index contributed by atoms with van der Waals surface area (Å²) in [4.78, 5) is 2.26. The van der Waals surface area contributed by atoms with Gasteiger partial charge in [-0.15, -0.1) is 0 Å². The second kappa shape index (κ2) is 7.05. The number of benzene rings is 2. The van der Waals surface area contributed by atoms with E-state index in [9.17, 15) is 4.39 Å². The lowest BCUT2D eigenvalue weighted by Crippen LogP contribution is -2.34. The average molecular weight is 351 g/mol. The summed E-state index contributed by atoms with van der Waals surface area (Å²) in [6.45, 7) is 5.50. The zero-order valence-electron chi connectivity index (χ0n) is 12.3. The zero-order valence-corrected chi connectivity index (χ0v) is 13.9. The molecule has 2 nitrogen and oxygen atoms in total. The molecule has 0 fully saturated rings. The normalized spacial score (nSPS) is 12.2. The predicted molar refractivity (Wildman–Crippen MR) is 90.1 cm³/mol. The molecule has 4 heteroatoms. The second-order valence-electron chi connectivity index (χ2n) is 5.00. The van der Waals surface area contributed by atoms with Gasteiger partial charge < -0.3 is 10.6 Å². The summed E-state index contributed by atoms with van der Waals surface area (Å²) in [6.07, 6.45) is 0. The number of hydrogen-bond acceptors (Lipinski definition) is 2. The van der Waals surface area contributed by atoms with Gasteiger partial charge in [0.2, 0.25) is 0 Å². The van der Waals surface area contributed by atoms with Crippen molar-refractivity contribution in [3.05, 3.63) is 63.9 Å². The van der Waals surface area contributed by atoms with Crippen molar-refractivity contribution >= 4 is 21.6 Å². The molecule has 112 valence electrons. The van der Waals surface area contributed by atoms with Gasteiger partial charge in [0, 0.05) is 18.8 Å². The predicted octanol–water partition coefficient (Wildman–Crippen LogP) is 4.42. The van der Waals surface area contributed by atoms with E-state index < -0.39 is 0 Å². The minimum atomic E-state index is -0.256. The smallest absolute Gasteiger partial charge is 0.137 e. The van der Waals surface area contributed by atoms with Gasteiger partial charge in [0.25, 0.3) is 0 Å².